The van der Waals surface area contributed by atoms with Crippen LogP contribution in [-0.4, -0.2) is 64.4 Å². The predicted molar refractivity (Wildman–Crippen MR) is 72.1 cm³/mol. The van der Waals surface area contributed by atoms with Crippen molar-refractivity contribution < 1.29 is 33.8 Å². The molecular formula is C10H13N4O8P. The Balaban J connectivity index is 1.87. The van der Waals surface area contributed by atoms with Crippen LogP contribution in [0.15, 0.2) is 17.4 Å². The third-order valence-electron chi connectivity index (χ3n) is 3.38. The highest BCUT2D eigenvalue weighted by Gasteiger charge is 2.45. The van der Waals surface area contributed by atoms with Crippen LogP contribution in [-0.2, 0) is 13.8 Å². The number of nitrogens with zero attached hydrogens (tertiary/aromatic N) is 3. The first kappa shape index (κ1) is 16.2. The average molecular weight is 352 g/mol. The fourth-order valence-corrected chi connectivity index (χ4v) is 2.66. The largest absolute Gasteiger partial charge is 0.469 e. The molecule has 0 aromatic carbocycles. The van der Waals surface area contributed by atoms with Crippen molar-refractivity contribution in [1.29, 1.82) is 0 Å². The van der Waals surface area contributed by atoms with Gasteiger partial charge in [0.1, 0.15) is 18.3 Å². The third kappa shape index (κ3) is 3.05. The summed E-state index contributed by atoms with van der Waals surface area (Å²) in [4.78, 5) is 39.1. The lowest BCUT2D eigenvalue weighted by Gasteiger charge is -2.16. The van der Waals surface area contributed by atoms with E-state index in [9.17, 15) is 19.6 Å². The van der Waals surface area contributed by atoms with Crippen molar-refractivity contribution in [3.63, 3.8) is 0 Å². The van der Waals surface area contributed by atoms with Gasteiger partial charge in [0.05, 0.1) is 19.3 Å². The molecule has 0 aliphatic carbocycles. The number of aliphatic hydroxyl groups excluding tert-OH is 2. The molecule has 4 atom stereocenters. The van der Waals surface area contributed by atoms with Gasteiger partial charge in [0.15, 0.2) is 17.4 Å². The fraction of sp³-hybridized carbons (Fsp3) is 0.500. The lowest BCUT2D eigenvalue weighted by atomic mass is 10.1. The second kappa shape index (κ2) is 5.76. The summed E-state index contributed by atoms with van der Waals surface area (Å²) in [6.07, 6.45) is -2.85. The number of phosphoric ester groups is 1. The molecule has 2 aromatic rings. The van der Waals surface area contributed by atoms with Gasteiger partial charge in [0.2, 0.25) is 0 Å². The molecule has 0 saturated carbocycles. The van der Waals surface area contributed by atoms with Crippen molar-refractivity contribution in [2.24, 2.45) is 0 Å². The van der Waals surface area contributed by atoms with Crippen molar-refractivity contribution in [3.8, 4) is 0 Å². The number of imidazole rings is 1. The molecule has 0 amide bonds. The summed E-state index contributed by atoms with van der Waals surface area (Å²) in [7, 11) is -4.74. The van der Waals surface area contributed by atoms with Crippen molar-refractivity contribution >= 4 is 19.0 Å². The highest BCUT2D eigenvalue weighted by Crippen LogP contribution is 2.38. The summed E-state index contributed by atoms with van der Waals surface area (Å²) in [5.74, 6) is 0. The molecule has 1 aliphatic heterocycles. The van der Waals surface area contributed by atoms with E-state index >= 15 is 0 Å². The summed E-state index contributed by atoms with van der Waals surface area (Å²) in [6.45, 7) is -0.625. The van der Waals surface area contributed by atoms with Crippen LogP contribution in [0, 0.1) is 0 Å². The lowest BCUT2D eigenvalue weighted by Crippen LogP contribution is -2.33. The van der Waals surface area contributed by atoms with Crippen molar-refractivity contribution in [2.75, 3.05) is 6.61 Å². The number of aromatic nitrogens is 4. The van der Waals surface area contributed by atoms with Gasteiger partial charge in [-0.25, -0.2) is 14.5 Å². The molecule has 126 valence electrons. The van der Waals surface area contributed by atoms with Crippen LogP contribution in [0.1, 0.15) is 6.23 Å². The first-order valence-corrected chi connectivity index (χ1v) is 7.93. The van der Waals surface area contributed by atoms with Gasteiger partial charge in [-0.2, -0.15) is 0 Å². The van der Waals surface area contributed by atoms with E-state index in [2.05, 4.69) is 19.5 Å². The Bertz CT molecular complexity index is 815. The smallest absolute Gasteiger partial charge is 0.387 e. The van der Waals surface area contributed by atoms with Gasteiger partial charge in [-0.1, -0.05) is 0 Å². The summed E-state index contributed by atoms with van der Waals surface area (Å²) in [5, 5.41) is 20.0. The Kier molecular flexibility index (Phi) is 4.06. The summed E-state index contributed by atoms with van der Waals surface area (Å²) in [6, 6.07) is 0. The maximum absolute atomic E-state index is 11.6. The lowest BCUT2D eigenvalue weighted by molar-refractivity contribution is -0.0504. The third-order valence-corrected chi connectivity index (χ3v) is 3.87. The zero-order valence-electron chi connectivity index (χ0n) is 11.4. The Hall–Kier alpha value is -1.66. The summed E-state index contributed by atoms with van der Waals surface area (Å²) in [5.41, 5.74) is -0.336. The van der Waals surface area contributed by atoms with E-state index < -0.39 is 44.5 Å². The molecule has 23 heavy (non-hydrogen) atoms. The van der Waals surface area contributed by atoms with Crippen molar-refractivity contribution in [1.82, 2.24) is 19.5 Å². The minimum Gasteiger partial charge on any atom is -0.387 e. The fourth-order valence-electron chi connectivity index (χ4n) is 2.32. The Morgan fingerprint density at radius 3 is 2.78 bits per heavy atom. The Morgan fingerprint density at radius 2 is 2.09 bits per heavy atom. The first-order valence-electron chi connectivity index (χ1n) is 6.40. The van der Waals surface area contributed by atoms with Crippen LogP contribution in [0.5, 0.6) is 0 Å². The molecule has 0 bridgehead atoms. The first-order chi connectivity index (χ1) is 10.8. The standard InChI is InChI=1S/C10H13N4O8P/c15-6-4(1-21-23(18,19)20)22-10(7(6)16)14-3-13-5-8(14)11-2-12-9(5)17/h2-4,6-7,10,15-16H,1H2,(H,11,12,17)(H2,18,19,20)/t4-,6+,7?,10-/m1/s1/i11+1,12+1,13+1,14+1. The van der Waals surface area contributed by atoms with Crippen LogP contribution < -0.4 is 5.56 Å². The number of aromatic amines is 1. The molecule has 12 nitrogen and oxygen atoms in total. The Labute approximate surface area is 127 Å². The topological polar surface area (TPSA) is 180 Å². The summed E-state index contributed by atoms with van der Waals surface area (Å²) >= 11 is 0. The van der Waals surface area contributed by atoms with E-state index in [0.717, 1.165) is 6.33 Å². The predicted octanol–water partition coefficient (Wildman–Crippen LogP) is -2.15. The van der Waals surface area contributed by atoms with E-state index in [1.165, 1.54) is 10.9 Å². The molecule has 1 aliphatic rings. The van der Waals surface area contributed by atoms with E-state index in [4.69, 9.17) is 14.5 Å². The maximum Gasteiger partial charge on any atom is 0.469 e. The number of rotatable bonds is 4. The number of phosphoric acid groups is 1. The van der Waals surface area contributed by atoms with Crippen molar-refractivity contribution in [2.45, 2.75) is 24.5 Å². The molecule has 1 fully saturated rings. The molecule has 1 unspecified atom stereocenters. The minimum absolute atomic E-state index is 0.0210. The number of H-pyrrole nitrogens is 1. The molecule has 3 rings (SSSR count). The monoisotopic (exact) mass is 352 g/mol. The van der Waals surface area contributed by atoms with E-state index in [0.29, 0.717) is 0 Å². The maximum atomic E-state index is 11.6. The zero-order chi connectivity index (χ0) is 16.8. The van der Waals surface area contributed by atoms with Crippen LogP contribution in [0.25, 0.3) is 11.2 Å². The average Bonchev–Trinajstić information content (AvgIpc) is 3.01. The van der Waals surface area contributed by atoms with Gasteiger partial charge >= 0.3 is 7.82 Å². The number of ether oxygens (including phenoxy) is 1. The molecular weight excluding hydrogens is 339 g/mol. The van der Waals surface area contributed by atoms with Gasteiger partial charge in [-0.05, 0) is 0 Å². The number of fused-ring (bicyclic) bond motifs is 1. The molecule has 3 heterocycles. The van der Waals surface area contributed by atoms with Gasteiger partial charge in [-0.15, -0.1) is 0 Å². The second-order valence-electron chi connectivity index (χ2n) is 4.89. The normalized spacial score (nSPS) is 28.5. The molecule has 2 aromatic heterocycles. The van der Waals surface area contributed by atoms with Gasteiger partial charge in [0, 0.05) is 0 Å². The van der Waals surface area contributed by atoms with Gasteiger partial charge < -0.3 is 29.7 Å². The van der Waals surface area contributed by atoms with Crippen LogP contribution in [0.2, 0.25) is 0 Å². The molecule has 0 spiro atoms. The molecule has 13 heteroatoms. The minimum atomic E-state index is -4.74. The van der Waals surface area contributed by atoms with E-state index in [1.54, 1.807) is 0 Å². The SMILES string of the molecule is O=c1[15nH]c[15n]c2c1[15n]c[15n]2[C@@H]1O[C@H](COP(=O)(O)O)[C@H](O)C1O. The zero-order valence-corrected chi connectivity index (χ0v) is 12.3. The van der Waals surface area contributed by atoms with E-state index in [-0.39, 0.29) is 11.2 Å². The number of nitrogens with one attached hydrogen (secondary N) is 1. The number of hydrogen-bond acceptors (Lipinski definition) is 8. The molecule has 1 saturated heterocycles. The van der Waals surface area contributed by atoms with Gasteiger partial charge in [0.25, 0.3) is 5.56 Å². The van der Waals surface area contributed by atoms with Crippen LogP contribution in [0.4, 0.5) is 0 Å². The number of aliphatic hydroxyl groups is 2. The second-order valence-corrected chi connectivity index (χ2v) is 6.13. The highest BCUT2D eigenvalue weighted by molar-refractivity contribution is 7.46. The van der Waals surface area contributed by atoms with Gasteiger partial charge in [-0.3, -0.25) is 13.9 Å². The van der Waals surface area contributed by atoms with Crippen LogP contribution in [0.3, 0.4) is 0 Å². The van der Waals surface area contributed by atoms with Crippen molar-refractivity contribution in [3.05, 3.63) is 23.0 Å². The molecule has 5 N–H and O–H groups in total. The highest BCUT2D eigenvalue weighted by atomic mass is 31.2. The summed E-state index contributed by atoms with van der Waals surface area (Å²) < 4.78 is 21.6. The number of hydrogen-bond donors (Lipinski definition) is 5. The quantitative estimate of drug-likeness (QED) is 0.381. The molecule has 0 radical (unpaired) electrons. The van der Waals surface area contributed by atoms with Crippen LogP contribution >= 0.6 is 7.82 Å². The Morgan fingerprint density at radius 1 is 1.35 bits per heavy atom. The van der Waals surface area contributed by atoms with E-state index in [1.807, 2.05) is 0 Å².